The van der Waals surface area contributed by atoms with Gasteiger partial charge in [-0.15, -0.1) is 0 Å². The van der Waals surface area contributed by atoms with Crippen molar-refractivity contribution in [1.82, 2.24) is 5.32 Å². The molecule has 0 aromatic heterocycles. The zero-order valence-corrected chi connectivity index (χ0v) is 19.7. The Kier molecular flexibility index (Phi) is 7.30. The molecular formula is C25H30N2O7. The Morgan fingerprint density at radius 1 is 0.971 bits per heavy atom. The highest BCUT2D eigenvalue weighted by atomic mass is 16.6. The molecule has 0 aliphatic carbocycles. The second-order valence-electron chi connectivity index (χ2n) is 7.81. The summed E-state index contributed by atoms with van der Waals surface area (Å²) in [5.74, 6) is 2.26. The van der Waals surface area contributed by atoms with Gasteiger partial charge in [-0.05, 0) is 45.0 Å². The normalized spacial score (nSPS) is 16.9. The monoisotopic (exact) mass is 470 g/mol. The molecule has 0 saturated carbocycles. The molecule has 0 spiro atoms. The SMILES string of the molecule is CCOc1cc(C(=O)NC2CC(=O)N(c3ccc4c(c3)OCCO4)C2)cc(OCC)c1OCC. The van der Waals surface area contributed by atoms with E-state index in [4.69, 9.17) is 23.7 Å². The van der Waals surface area contributed by atoms with Crippen molar-refractivity contribution in [1.29, 1.82) is 0 Å². The topological polar surface area (TPSA) is 95.6 Å². The third-order valence-electron chi connectivity index (χ3n) is 5.47. The number of hydrogen-bond donors (Lipinski definition) is 1. The van der Waals surface area contributed by atoms with Gasteiger partial charge in [-0.1, -0.05) is 0 Å². The van der Waals surface area contributed by atoms with Crippen molar-refractivity contribution in [2.24, 2.45) is 0 Å². The molecule has 2 aromatic rings. The lowest BCUT2D eigenvalue weighted by Gasteiger charge is -2.22. The number of fused-ring (bicyclic) bond motifs is 1. The van der Waals surface area contributed by atoms with E-state index in [1.807, 2.05) is 26.8 Å². The summed E-state index contributed by atoms with van der Waals surface area (Å²) in [6.45, 7) is 8.19. The summed E-state index contributed by atoms with van der Waals surface area (Å²) in [4.78, 5) is 27.5. The number of benzene rings is 2. The van der Waals surface area contributed by atoms with Crippen molar-refractivity contribution in [2.75, 3.05) is 44.5 Å². The van der Waals surface area contributed by atoms with Crippen LogP contribution in [0.1, 0.15) is 37.6 Å². The average molecular weight is 471 g/mol. The molecule has 1 N–H and O–H groups in total. The molecule has 9 nitrogen and oxygen atoms in total. The minimum Gasteiger partial charge on any atom is -0.490 e. The third kappa shape index (κ3) is 4.98. The third-order valence-corrected chi connectivity index (χ3v) is 5.47. The van der Waals surface area contributed by atoms with Gasteiger partial charge in [-0.25, -0.2) is 0 Å². The number of rotatable bonds is 9. The molecule has 182 valence electrons. The van der Waals surface area contributed by atoms with E-state index in [9.17, 15) is 9.59 Å². The van der Waals surface area contributed by atoms with Gasteiger partial charge in [-0.3, -0.25) is 9.59 Å². The average Bonchev–Trinajstić information content (AvgIpc) is 3.20. The van der Waals surface area contributed by atoms with Gasteiger partial charge in [0.15, 0.2) is 23.0 Å². The van der Waals surface area contributed by atoms with Crippen LogP contribution in [0.3, 0.4) is 0 Å². The second kappa shape index (κ2) is 10.5. The van der Waals surface area contributed by atoms with E-state index >= 15 is 0 Å². The molecule has 2 heterocycles. The smallest absolute Gasteiger partial charge is 0.251 e. The zero-order valence-electron chi connectivity index (χ0n) is 19.7. The Morgan fingerprint density at radius 2 is 1.62 bits per heavy atom. The number of carbonyl (C=O) groups is 2. The first-order valence-electron chi connectivity index (χ1n) is 11.6. The molecule has 9 heteroatoms. The fraction of sp³-hybridized carbons (Fsp3) is 0.440. The molecule has 2 aliphatic heterocycles. The van der Waals surface area contributed by atoms with Crippen LogP contribution < -0.4 is 33.9 Å². The molecule has 1 saturated heterocycles. The minimum absolute atomic E-state index is 0.0707. The molecule has 0 radical (unpaired) electrons. The number of amides is 2. The molecule has 1 atom stereocenters. The van der Waals surface area contributed by atoms with Crippen LogP contribution in [0.5, 0.6) is 28.7 Å². The first kappa shape index (κ1) is 23.5. The highest BCUT2D eigenvalue weighted by molar-refractivity contribution is 5.99. The maximum absolute atomic E-state index is 13.1. The predicted octanol–water partition coefficient (Wildman–Crippen LogP) is 3.19. The van der Waals surface area contributed by atoms with Crippen LogP contribution in [-0.4, -0.2) is 57.4 Å². The summed E-state index contributed by atoms with van der Waals surface area (Å²) in [5.41, 5.74) is 1.09. The van der Waals surface area contributed by atoms with Crippen molar-refractivity contribution < 1.29 is 33.3 Å². The number of ether oxygens (including phenoxy) is 5. The molecule has 0 bridgehead atoms. The van der Waals surface area contributed by atoms with Gasteiger partial charge in [0.25, 0.3) is 5.91 Å². The Morgan fingerprint density at radius 3 is 2.26 bits per heavy atom. The highest BCUT2D eigenvalue weighted by Crippen LogP contribution is 2.39. The maximum atomic E-state index is 13.1. The summed E-state index contributed by atoms with van der Waals surface area (Å²) in [6.07, 6.45) is 0.202. The molecule has 1 unspecified atom stereocenters. The van der Waals surface area contributed by atoms with Gasteiger partial charge in [0.2, 0.25) is 11.7 Å². The van der Waals surface area contributed by atoms with E-state index < -0.39 is 0 Å². The van der Waals surface area contributed by atoms with Crippen molar-refractivity contribution in [3.05, 3.63) is 35.9 Å². The van der Waals surface area contributed by atoms with Crippen molar-refractivity contribution in [2.45, 2.75) is 33.2 Å². The van der Waals surface area contributed by atoms with Crippen molar-refractivity contribution in [3.63, 3.8) is 0 Å². The number of carbonyl (C=O) groups excluding carboxylic acids is 2. The van der Waals surface area contributed by atoms with Crippen LogP contribution in [0.25, 0.3) is 0 Å². The van der Waals surface area contributed by atoms with Gasteiger partial charge < -0.3 is 33.9 Å². The lowest BCUT2D eigenvalue weighted by molar-refractivity contribution is -0.117. The van der Waals surface area contributed by atoms with Gasteiger partial charge in [0.05, 0.1) is 25.9 Å². The Bertz CT molecular complexity index is 1030. The predicted molar refractivity (Wildman–Crippen MR) is 126 cm³/mol. The lowest BCUT2D eigenvalue weighted by Crippen LogP contribution is -2.37. The molecular weight excluding hydrogens is 440 g/mol. The summed E-state index contributed by atoms with van der Waals surface area (Å²) in [7, 11) is 0. The van der Waals surface area contributed by atoms with Crippen LogP contribution in [0, 0.1) is 0 Å². The summed E-state index contributed by atoms with van der Waals surface area (Å²) < 4.78 is 28.3. The molecule has 2 aliphatic rings. The minimum atomic E-state index is -0.342. The Balaban J connectivity index is 1.50. The quantitative estimate of drug-likeness (QED) is 0.601. The van der Waals surface area contributed by atoms with E-state index in [-0.39, 0.29) is 24.3 Å². The number of nitrogens with zero attached hydrogens (tertiary/aromatic N) is 1. The highest BCUT2D eigenvalue weighted by Gasteiger charge is 2.33. The van der Waals surface area contributed by atoms with Gasteiger partial charge >= 0.3 is 0 Å². The van der Waals surface area contributed by atoms with E-state index in [1.165, 1.54) is 0 Å². The summed E-state index contributed by atoms with van der Waals surface area (Å²) in [5, 5.41) is 2.97. The van der Waals surface area contributed by atoms with Gasteiger partial charge in [0, 0.05) is 30.3 Å². The van der Waals surface area contributed by atoms with E-state index in [0.717, 1.165) is 0 Å². The Hall–Kier alpha value is -3.62. The zero-order chi connectivity index (χ0) is 24.1. The first-order chi connectivity index (χ1) is 16.5. The second-order valence-corrected chi connectivity index (χ2v) is 7.81. The van der Waals surface area contributed by atoms with Crippen LogP contribution >= 0.6 is 0 Å². The Labute approximate surface area is 198 Å². The molecule has 4 rings (SSSR count). The lowest BCUT2D eigenvalue weighted by atomic mass is 10.1. The first-order valence-corrected chi connectivity index (χ1v) is 11.6. The van der Waals surface area contributed by atoms with E-state index in [1.54, 1.807) is 29.2 Å². The van der Waals surface area contributed by atoms with Crippen LogP contribution in [-0.2, 0) is 4.79 Å². The molecule has 2 aromatic carbocycles. The van der Waals surface area contributed by atoms with Crippen LogP contribution in [0.4, 0.5) is 5.69 Å². The van der Waals surface area contributed by atoms with Gasteiger partial charge in [-0.2, -0.15) is 0 Å². The number of hydrogen-bond acceptors (Lipinski definition) is 7. The van der Waals surface area contributed by atoms with E-state index in [2.05, 4.69) is 5.32 Å². The van der Waals surface area contributed by atoms with Crippen LogP contribution in [0.15, 0.2) is 30.3 Å². The van der Waals surface area contributed by atoms with Crippen molar-refractivity contribution in [3.8, 4) is 28.7 Å². The maximum Gasteiger partial charge on any atom is 0.251 e. The number of nitrogens with one attached hydrogen (secondary N) is 1. The summed E-state index contributed by atoms with van der Waals surface area (Å²) >= 11 is 0. The van der Waals surface area contributed by atoms with Gasteiger partial charge in [0.1, 0.15) is 13.2 Å². The summed E-state index contributed by atoms with van der Waals surface area (Å²) in [6, 6.07) is 8.36. The van der Waals surface area contributed by atoms with Crippen molar-refractivity contribution >= 4 is 17.5 Å². The standard InChI is InChI=1S/C25H30N2O7/c1-4-30-21-11-16(12-22(31-5-2)24(21)32-6-3)25(29)26-17-13-23(28)27(15-17)18-7-8-19-20(14-18)34-10-9-33-19/h7-8,11-12,14,17H,4-6,9-10,13,15H2,1-3H3,(H,26,29). The van der Waals surface area contributed by atoms with E-state index in [0.29, 0.717) is 79.6 Å². The number of anilines is 1. The fourth-order valence-corrected chi connectivity index (χ4v) is 4.04. The fourth-order valence-electron chi connectivity index (χ4n) is 4.04. The molecule has 1 fully saturated rings. The largest absolute Gasteiger partial charge is 0.490 e. The molecule has 2 amide bonds. The molecule has 34 heavy (non-hydrogen) atoms. The van der Waals surface area contributed by atoms with Crippen LogP contribution in [0.2, 0.25) is 0 Å².